The molecule has 2 fully saturated rings. The van der Waals surface area contributed by atoms with E-state index < -0.39 is 47.9 Å². The maximum absolute atomic E-state index is 13.6. The van der Waals surface area contributed by atoms with Crippen LogP contribution in [0.5, 0.6) is 0 Å². The number of nitrogens with zero attached hydrogens (tertiary/aromatic N) is 3. The molecule has 1 aromatic heterocycles. The fraction of sp³-hybridized carbons (Fsp3) is 0.475. The van der Waals surface area contributed by atoms with Gasteiger partial charge in [0.1, 0.15) is 17.9 Å². The molecule has 2 saturated heterocycles. The molecule has 4 N–H and O–H groups in total. The first-order valence-electron chi connectivity index (χ1n) is 18.7. The Hall–Kier alpha value is -5.73. The fourth-order valence-electron chi connectivity index (χ4n) is 7.21. The molecule has 3 heterocycles. The minimum Gasteiger partial charge on any atom is -0.469 e. The van der Waals surface area contributed by atoms with Crippen molar-refractivity contribution in [3.05, 3.63) is 60.6 Å². The van der Waals surface area contributed by atoms with E-state index in [0.717, 1.165) is 35.2 Å². The summed E-state index contributed by atoms with van der Waals surface area (Å²) >= 11 is 0. The number of imidazole rings is 1. The molecule has 2 aliphatic rings. The zero-order valence-corrected chi connectivity index (χ0v) is 32.2. The smallest absolute Gasteiger partial charge is 0.407 e. The van der Waals surface area contributed by atoms with Crippen LogP contribution >= 0.6 is 0 Å². The molecule has 15 heteroatoms. The van der Waals surface area contributed by atoms with Gasteiger partial charge in [-0.3, -0.25) is 24.5 Å². The van der Waals surface area contributed by atoms with Crippen LogP contribution in [-0.2, 0) is 28.7 Å². The summed E-state index contributed by atoms with van der Waals surface area (Å²) < 4.78 is 9.50. The number of methoxy groups -OCH3 is 2. The highest BCUT2D eigenvalue weighted by atomic mass is 16.5. The molecule has 4 atom stereocenters. The molecule has 0 bridgehead atoms. The molecule has 15 nitrogen and oxygen atoms in total. The fourth-order valence-corrected chi connectivity index (χ4v) is 7.21. The van der Waals surface area contributed by atoms with E-state index >= 15 is 0 Å². The Morgan fingerprint density at radius 1 is 0.836 bits per heavy atom. The molecular weight excluding hydrogens is 706 g/mol. The number of alkyl carbamates (subject to hydrolysis) is 1. The minimum atomic E-state index is -0.882. The van der Waals surface area contributed by atoms with Crippen LogP contribution in [0.2, 0.25) is 0 Å². The molecule has 2 aromatic carbocycles. The van der Waals surface area contributed by atoms with Crippen molar-refractivity contribution in [1.29, 1.82) is 0 Å². The Morgan fingerprint density at radius 3 is 2.20 bits per heavy atom. The molecule has 55 heavy (non-hydrogen) atoms. The number of aromatic amines is 1. The number of hydrogen-bond acceptors (Lipinski definition) is 9. The third kappa shape index (κ3) is 9.69. The third-order valence-electron chi connectivity index (χ3n) is 10.3. The Labute approximate surface area is 320 Å². The average Bonchev–Trinajstić information content (AvgIpc) is 3.97. The molecule has 0 unspecified atom stereocenters. The summed E-state index contributed by atoms with van der Waals surface area (Å²) in [4.78, 5) is 88.1. The number of hydrogen-bond donors (Lipinski definition) is 4. The summed E-state index contributed by atoms with van der Waals surface area (Å²) in [5, 5.41) is 7.63. The van der Waals surface area contributed by atoms with E-state index in [2.05, 4.69) is 30.7 Å². The second-order valence-corrected chi connectivity index (χ2v) is 14.7. The van der Waals surface area contributed by atoms with Crippen LogP contribution in [0.4, 0.5) is 15.3 Å². The molecule has 2 aliphatic heterocycles. The number of carbonyl (C=O) groups excluding carboxylic acids is 6. The van der Waals surface area contributed by atoms with Crippen LogP contribution in [0.3, 0.4) is 0 Å². The van der Waals surface area contributed by atoms with Gasteiger partial charge in [0.05, 0.1) is 44.5 Å². The number of imide groups is 1. The predicted molar refractivity (Wildman–Crippen MR) is 204 cm³/mol. The van der Waals surface area contributed by atoms with Gasteiger partial charge < -0.3 is 34.9 Å². The Balaban J connectivity index is 1.20. The number of aromatic nitrogens is 2. The molecule has 5 rings (SSSR count). The van der Waals surface area contributed by atoms with E-state index in [1.165, 1.54) is 19.1 Å². The number of H-pyrrole nitrogens is 1. The maximum atomic E-state index is 13.6. The molecule has 3 aromatic rings. The molecule has 0 radical (unpaired) electrons. The lowest BCUT2D eigenvalue weighted by atomic mass is 9.91. The standard InChI is InChI=1S/C40H51N7O8/c1-23(2)29(21-33(48)54-5)37(50)46-18-8-12-31(46)35-41-22-30(43-35)26-16-14-25(15-17-26)27-10-7-11-28(20-27)42-39(52)45-36(49)32-13-9-19-47(32)38(51)34(24(3)4)44-40(53)55-6/h7,10-11,14-17,20,22-24,29,31-32,34H,8-9,12-13,18-19,21H2,1-6H3,(H,41,43)(H,44,53)(H2,42,45,49,52)/t29-,31-,32-,34-/m0/s1. The van der Waals surface area contributed by atoms with Gasteiger partial charge in [0.25, 0.3) is 5.91 Å². The predicted octanol–water partition coefficient (Wildman–Crippen LogP) is 5.26. The molecule has 0 spiro atoms. The van der Waals surface area contributed by atoms with E-state index in [-0.39, 0.29) is 30.2 Å². The van der Waals surface area contributed by atoms with Gasteiger partial charge >= 0.3 is 18.1 Å². The second-order valence-electron chi connectivity index (χ2n) is 14.7. The third-order valence-corrected chi connectivity index (χ3v) is 10.3. The number of carbonyl (C=O) groups is 6. The van der Waals surface area contributed by atoms with Crippen molar-refractivity contribution in [1.82, 2.24) is 30.4 Å². The lowest BCUT2D eigenvalue weighted by Crippen LogP contribution is -2.55. The van der Waals surface area contributed by atoms with Gasteiger partial charge in [-0.05, 0) is 66.3 Å². The summed E-state index contributed by atoms with van der Waals surface area (Å²) in [6.45, 7) is 8.36. The summed E-state index contributed by atoms with van der Waals surface area (Å²) in [6.07, 6.45) is 3.63. The normalized spacial score (nSPS) is 17.8. The van der Waals surface area contributed by atoms with Crippen molar-refractivity contribution in [2.24, 2.45) is 17.8 Å². The topological polar surface area (TPSA) is 192 Å². The zero-order chi connectivity index (χ0) is 39.8. The van der Waals surface area contributed by atoms with Crippen molar-refractivity contribution in [3.63, 3.8) is 0 Å². The number of likely N-dealkylation sites (tertiary alicyclic amines) is 2. The number of rotatable bonds is 12. The van der Waals surface area contributed by atoms with Crippen molar-refractivity contribution in [3.8, 4) is 22.4 Å². The van der Waals surface area contributed by atoms with Crippen LogP contribution in [0.1, 0.15) is 71.7 Å². The number of ether oxygens (including phenoxy) is 2. The zero-order valence-electron chi connectivity index (χ0n) is 32.2. The number of benzene rings is 2. The summed E-state index contributed by atoms with van der Waals surface area (Å²) in [5.74, 6) is -1.53. The largest absolute Gasteiger partial charge is 0.469 e. The second kappa shape index (κ2) is 18.1. The van der Waals surface area contributed by atoms with E-state index in [1.807, 2.05) is 49.1 Å². The van der Waals surface area contributed by atoms with E-state index in [1.54, 1.807) is 38.2 Å². The first-order valence-corrected chi connectivity index (χ1v) is 18.7. The van der Waals surface area contributed by atoms with Crippen LogP contribution in [0.25, 0.3) is 22.4 Å². The van der Waals surface area contributed by atoms with Crippen molar-refractivity contribution >= 4 is 41.5 Å². The highest BCUT2D eigenvalue weighted by Crippen LogP contribution is 2.35. The first kappa shape index (κ1) is 40.5. The first-order chi connectivity index (χ1) is 26.3. The summed E-state index contributed by atoms with van der Waals surface area (Å²) in [6, 6.07) is 12.3. The van der Waals surface area contributed by atoms with Crippen molar-refractivity contribution in [2.75, 3.05) is 32.6 Å². The van der Waals surface area contributed by atoms with Crippen LogP contribution in [-0.4, -0.2) is 95.0 Å². The average molecular weight is 758 g/mol. The van der Waals surface area contributed by atoms with Crippen LogP contribution < -0.4 is 16.0 Å². The number of nitrogens with one attached hydrogen (secondary N) is 4. The maximum Gasteiger partial charge on any atom is 0.407 e. The molecule has 6 amide bonds. The number of esters is 1. The van der Waals surface area contributed by atoms with E-state index in [9.17, 15) is 28.8 Å². The molecule has 0 saturated carbocycles. The van der Waals surface area contributed by atoms with Gasteiger partial charge in [0.15, 0.2) is 0 Å². The highest BCUT2D eigenvalue weighted by molar-refractivity contribution is 6.04. The molecule has 0 aliphatic carbocycles. The van der Waals surface area contributed by atoms with Gasteiger partial charge in [0.2, 0.25) is 11.8 Å². The van der Waals surface area contributed by atoms with Gasteiger partial charge in [-0.25, -0.2) is 14.6 Å². The SMILES string of the molecule is COC(=O)C[C@H](C(=O)N1CCC[C@H]1c1ncc(-c2ccc(-c3cccc(NC(=O)NC(=O)[C@@H]4CCCN4C(=O)[C@@H](NC(=O)OC)C(C)C)c3)cc2)[nH]1)C(C)C. The number of anilines is 1. The van der Waals surface area contributed by atoms with Crippen LogP contribution in [0.15, 0.2) is 54.7 Å². The quantitative estimate of drug-likeness (QED) is 0.179. The monoisotopic (exact) mass is 757 g/mol. The lowest BCUT2D eigenvalue weighted by molar-refractivity contribution is -0.148. The van der Waals surface area contributed by atoms with Gasteiger partial charge in [0, 0.05) is 18.8 Å². The van der Waals surface area contributed by atoms with Crippen molar-refractivity contribution in [2.45, 2.75) is 77.9 Å². The molecule has 294 valence electrons. The lowest BCUT2D eigenvalue weighted by Gasteiger charge is -2.30. The Morgan fingerprint density at radius 2 is 1.53 bits per heavy atom. The summed E-state index contributed by atoms with van der Waals surface area (Å²) in [5.41, 5.74) is 3.89. The van der Waals surface area contributed by atoms with E-state index in [0.29, 0.717) is 37.4 Å². The number of amides is 6. The van der Waals surface area contributed by atoms with Gasteiger partial charge in [-0.15, -0.1) is 0 Å². The van der Waals surface area contributed by atoms with Crippen LogP contribution in [0, 0.1) is 17.8 Å². The van der Waals surface area contributed by atoms with Gasteiger partial charge in [-0.2, -0.15) is 0 Å². The van der Waals surface area contributed by atoms with Crippen molar-refractivity contribution < 1.29 is 38.2 Å². The van der Waals surface area contributed by atoms with Gasteiger partial charge in [-0.1, -0.05) is 64.1 Å². The number of urea groups is 1. The minimum absolute atomic E-state index is 0.0224. The highest BCUT2D eigenvalue weighted by Gasteiger charge is 2.40. The Bertz CT molecular complexity index is 1870. The van der Waals surface area contributed by atoms with E-state index in [4.69, 9.17) is 4.74 Å². The molecular formula is C40H51N7O8. The Kier molecular flexibility index (Phi) is 13.3. The summed E-state index contributed by atoms with van der Waals surface area (Å²) in [7, 11) is 2.54.